The van der Waals surface area contributed by atoms with Crippen molar-refractivity contribution in [2.75, 3.05) is 11.4 Å². The normalized spacial score (nSPS) is 12.1. The highest BCUT2D eigenvalue weighted by atomic mass is 35.5. The van der Waals surface area contributed by atoms with Crippen molar-refractivity contribution in [2.45, 2.75) is 57.7 Å². The Morgan fingerprint density at radius 1 is 0.911 bits per heavy atom. The number of ether oxygens (including phenoxy) is 1. The number of esters is 1. The zero-order chi connectivity index (χ0) is 34.2. The fraction of sp³-hybridized carbons (Fsp3) is 0.310. The van der Waals surface area contributed by atoms with Crippen molar-refractivity contribution in [3.05, 3.63) is 87.5 Å². The Bertz CT molecular complexity index is 1740. The number of carbonyl (C=O) groups is 2. The Morgan fingerprint density at radius 3 is 1.96 bits per heavy atom. The van der Waals surface area contributed by atoms with E-state index in [1.54, 1.807) is 20.8 Å². The summed E-state index contributed by atoms with van der Waals surface area (Å²) < 4.78 is 117. The van der Waals surface area contributed by atoms with Crippen LogP contribution in [0.1, 0.15) is 50.5 Å². The Kier molecular flexibility index (Phi) is 10.5. The molecule has 0 unspecified atom stereocenters. The van der Waals surface area contributed by atoms with Crippen molar-refractivity contribution >= 4 is 39.2 Å². The molecule has 16 heteroatoms. The van der Waals surface area contributed by atoms with Crippen molar-refractivity contribution in [1.29, 1.82) is 0 Å². The van der Waals surface area contributed by atoms with Crippen LogP contribution in [0, 0.1) is 34.9 Å². The van der Waals surface area contributed by atoms with Gasteiger partial charge in [0, 0.05) is 17.6 Å². The van der Waals surface area contributed by atoms with Gasteiger partial charge in [0.2, 0.25) is 21.7 Å². The summed E-state index contributed by atoms with van der Waals surface area (Å²) in [5.41, 5.74) is -1.39. The highest BCUT2D eigenvalue weighted by molar-refractivity contribution is 7.89. The first-order chi connectivity index (χ1) is 20.7. The van der Waals surface area contributed by atoms with Gasteiger partial charge in [0.05, 0.1) is 17.8 Å². The fourth-order valence-electron chi connectivity index (χ4n) is 4.12. The lowest BCUT2D eigenvalue weighted by Crippen LogP contribution is -2.46. The predicted molar refractivity (Wildman–Crippen MR) is 151 cm³/mol. The molecule has 3 rings (SSSR count). The minimum Gasteiger partial charge on any atom is -0.506 e. The first-order valence-corrected chi connectivity index (χ1v) is 14.8. The number of hydrogen-bond acceptors (Lipinski definition) is 6. The number of anilines is 1. The zero-order valence-corrected chi connectivity index (χ0v) is 26.0. The van der Waals surface area contributed by atoms with E-state index in [0.29, 0.717) is 0 Å². The van der Waals surface area contributed by atoms with Gasteiger partial charge < -0.3 is 14.7 Å². The molecular formula is C29H27ClF6N2O6S. The van der Waals surface area contributed by atoms with Crippen LogP contribution in [0.15, 0.2) is 41.3 Å². The number of phenols is 1. The van der Waals surface area contributed by atoms with Crippen molar-refractivity contribution < 1.29 is 54.2 Å². The van der Waals surface area contributed by atoms with E-state index >= 15 is 0 Å². The van der Waals surface area contributed by atoms with Gasteiger partial charge in [0.25, 0.3) is 0 Å². The van der Waals surface area contributed by atoms with E-state index in [2.05, 4.69) is 0 Å². The highest BCUT2D eigenvalue weighted by Crippen LogP contribution is 2.33. The number of aromatic hydroxyl groups is 1. The van der Waals surface area contributed by atoms with E-state index in [4.69, 9.17) is 16.3 Å². The second-order valence-corrected chi connectivity index (χ2v) is 13.3. The smallest absolute Gasteiger partial charge is 0.338 e. The molecule has 0 atom stereocenters. The van der Waals surface area contributed by atoms with E-state index in [1.165, 1.54) is 19.9 Å². The van der Waals surface area contributed by atoms with Crippen molar-refractivity contribution in [3.63, 3.8) is 0 Å². The largest absolute Gasteiger partial charge is 0.506 e. The Morgan fingerprint density at radius 2 is 1.47 bits per heavy atom. The second kappa shape index (κ2) is 13.3. The third-order valence-corrected chi connectivity index (χ3v) is 8.26. The Hall–Kier alpha value is -3.82. The van der Waals surface area contributed by atoms with Crippen LogP contribution in [-0.2, 0) is 26.1 Å². The number of hydrogen-bond donors (Lipinski definition) is 1. The van der Waals surface area contributed by atoms with E-state index < -0.39 is 92.2 Å². The number of carbonyl (C=O) groups excluding carboxylic acids is 2. The van der Waals surface area contributed by atoms with Crippen LogP contribution in [0.25, 0.3) is 0 Å². The zero-order valence-electron chi connectivity index (χ0n) is 24.4. The van der Waals surface area contributed by atoms with Gasteiger partial charge in [0.15, 0.2) is 28.2 Å². The molecule has 0 fully saturated rings. The monoisotopic (exact) mass is 680 g/mol. The van der Waals surface area contributed by atoms with Gasteiger partial charge in [-0.15, -0.1) is 0 Å². The molecule has 8 nitrogen and oxygen atoms in total. The number of benzene rings is 3. The number of amides is 1. The molecule has 0 aliphatic carbocycles. The maximum absolute atomic E-state index is 14.7. The maximum Gasteiger partial charge on any atom is 0.338 e. The molecule has 45 heavy (non-hydrogen) atoms. The number of sulfonamides is 1. The molecule has 0 radical (unpaired) electrons. The van der Waals surface area contributed by atoms with Gasteiger partial charge in [-0.05, 0) is 70.5 Å². The molecule has 244 valence electrons. The molecule has 1 N–H and O–H groups in total. The summed E-state index contributed by atoms with van der Waals surface area (Å²) in [6, 6.07) is 5.16. The molecule has 0 saturated carbocycles. The summed E-state index contributed by atoms with van der Waals surface area (Å²) in [7, 11) is -5.72. The third-order valence-electron chi connectivity index (χ3n) is 6.10. The molecule has 0 heterocycles. The van der Waals surface area contributed by atoms with Gasteiger partial charge in [-0.3, -0.25) is 4.79 Å². The lowest BCUT2D eigenvalue weighted by molar-refractivity contribution is -0.119. The van der Waals surface area contributed by atoms with Crippen LogP contribution in [0.5, 0.6) is 5.75 Å². The maximum atomic E-state index is 14.7. The molecule has 0 aliphatic heterocycles. The highest BCUT2D eigenvalue weighted by Gasteiger charge is 2.39. The van der Waals surface area contributed by atoms with E-state index in [0.717, 1.165) is 35.2 Å². The van der Waals surface area contributed by atoms with Crippen molar-refractivity contribution in [2.24, 2.45) is 0 Å². The molecular weight excluding hydrogens is 654 g/mol. The Balaban J connectivity index is 2.12. The summed E-state index contributed by atoms with van der Waals surface area (Å²) in [5, 5.41) is 10.4. The van der Waals surface area contributed by atoms with Crippen LogP contribution in [0.2, 0.25) is 5.02 Å². The quantitative estimate of drug-likeness (QED) is 0.120. The Labute approximate surface area is 259 Å². The summed E-state index contributed by atoms with van der Waals surface area (Å²) >= 11 is 6.00. The van der Waals surface area contributed by atoms with Crippen LogP contribution >= 0.6 is 11.6 Å². The van der Waals surface area contributed by atoms with E-state index in [-0.39, 0.29) is 26.1 Å². The van der Waals surface area contributed by atoms with Crippen LogP contribution < -0.4 is 4.90 Å². The average molecular weight is 681 g/mol. The summed E-state index contributed by atoms with van der Waals surface area (Å²) in [6.45, 7) is 5.48. The number of phenolic OH excluding ortho intramolecular Hbond substituents is 1. The minimum atomic E-state index is -5.72. The predicted octanol–water partition coefficient (Wildman–Crippen LogP) is 6.47. The second-order valence-electron chi connectivity index (χ2n) is 11.0. The minimum absolute atomic E-state index is 0.0915. The topological polar surface area (TPSA) is 104 Å². The molecule has 0 aromatic heterocycles. The number of halogens is 7. The molecule has 0 aliphatic rings. The molecule has 3 aromatic rings. The molecule has 0 spiro atoms. The van der Waals surface area contributed by atoms with Gasteiger partial charge in [-0.2, -0.15) is 4.31 Å². The molecule has 0 saturated heterocycles. The van der Waals surface area contributed by atoms with Crippen LogP contribution in [0.4, 0.5) is 32.0 Å². The average Bonchev–Trinajstić information content (AvgIpc) is 2.91. The van der Waals surface area contributed by atoms with Gasteiger partial charge >= 0.3 is 5.97 Å². The molecule has 1 amide bonds. The van der Waals surface area contributed by atoms with Crippen LogP contribution in [-0.4, -0.2) is 47.9 Å². The van der Waals surface area contributed by atoms with Crippen LogP contribution in [0.3, 0.4) is 0 Å². The SMILES string of the molecule is CC(C)N(C(=O)CN(Cc1ccc(F)cc1Cl)S(=O)(=O)c1c(F)c(F)c(F)c(F)c1F)c1ccc(C(=O)OC(C)(C)C)cc1O. The van der Waals surface area contributed by atoms with Crippen molar-refractivity contribution in [1.82, 2.24) is 4.31 Å². The standard InChI is InChI=1S/C29H27ClF6N2O6S/c1-14(2)38(19-9-7-15(10-20(19)39)28(41)44-29(3,4)5)21(40)13-37(12-16-6-8-17(31)11-18(16)30)45(42,43)27-25(35)23(33)22(32)24(34)26(27)36/h6-11,14,39H,12-13H2,1-5H3. The summed E-state index contributed by atoms with van der Waals surface area (Å²) in [6.07, 6.45) is 0. The summed E-state index contributed by atoms with van der Waals surface area (Å²) in [4.78, 5) is 24.7. The summed E-state index contributed by atoms with van der Waals surface area (Å²) in [5.74, 6) is -16.4. The first kappa shape index (κ1) is 35.7. The van der Waals surface area contributed by atoms with E-state index in [9.17, 15) is 49.5 Å². The van der Waals surface area contributed by atoms with Crippen molar-refractivity contribution in [3.8, 4) is 5.75 Å². The number of nitrogens with zero attached hydrogens (tertiary/aromatic N) is 2. The first-order valence-electron chi connectivity index (χ1n) is 13.0. The third kappa shape index (κ3) is 7.71. The van der Waals surface area contributed by atoms with Gasteiger partial charge in [-0.25, -0.2) is 39.6 Å². The van der Waals surface area contributed by atoms with E-state index in [1.807, 2.05) is 0 Å². The van der Waals surface area contributed by atoms with Gasteiger partial charge in [0.1, 0.15) is 17.2 Å². The number of rotatable bonds is 9. The lowest BCUT2D eigenvalue weighted by atomic mass is 10.1. The molecule has 0 bridgehead atoms. The lowest BCUT2D eigenvalue weighted by Gasteiger charge is -2.31. The molecule has 3 aromatic carbocycles. The van der Waals surface area contributed by atoms with Gasteiger partial charge in [-0.1, -0.05) is 17.7 Å². The fourth-order valence-corrected chi connectivity index (χ4v) is 5.83.